The molecule has 1 rings (SSSR count). The number of carbonyl (C=O) groups is 1. The zero-order valence-corrected chi connectivity index (χ0v) is 10.3. The third kappa shape index (κ3) is 2.07. The quantitative estimate of drug-likeness (QED) is 0.791. The average molecular weight is 275 g/mol. The highest BCUT2D eigenvalue weighted by Gasteiger charge is 2.17. The van der Waals surface area contributed by atoms with E-state index in [0.717, 1.165) is 0 Å². The lowest BCUT2D eigenvalue weighted by atomic mass is 10.2. The van der Waals surface area contributed by atoms with E-state index in [2.05, 4.69) is 15.9 Å². The first-order valence-corrected chi connectivity index (χ1v) is 4.92. The van der Waals surface area contributed by atoms with E-state index in [1.807, 2.05) is 0 Å². The molecule has 15 heavy (non-hydrogen) atoms. The van der Waals surface area contributed by atoms with Crippen molar-refractivity contribution in [2.24, 2.45) is 0 Å². The maximum atomic E-state index is 10.8. The average Bonchev–Trinajstić information content (AvgIpc) is 2.27. The maximum absolute atomic E-state index is 10.8. The lowest BCUT2D eigenvalue weighted by Gasteiger charge is -2.14. The van der Waals surface area contributed by atoms with Crippen molar-refractivity contribution in [3.63, 3.8) is 0 Å². The Morgan fingerprint density at radius 1 is 1.13 bits per heavy atom. The van der Waals surface area contributed by atoms with Crippen LogP contribution in [0.4, 0.5) is 0 Å². The number of hydrogen-bond donors (Lipinski definition) is 0. The Bertz CT molecular complexity index is 376. The van der Waals surface area contributed by atoms with E-state index in [4.69, 9.17) is 14.2 Å². The number of rotatable bonds is 4. The lowest BCUT2D eigenvalue weighted by molar-refractivity contribution is 0.112. The molecule has 4 nitrogen and oxygen atoms in total. The normalized spacial score (nSPS) is 9.60. The Hall–Kier alpha value is -1.23. The van der Waals surface area contributed by atoms with Crippen LogP contribution in [0.3, 0.4) is 0 Å². The summed E-state index contributed by atoms with van der Waals surface area (Å²) in [6.07, 6.45) is 0.700. The minimum atomic E-state index is 0.405. The Morgan fingerprint density at radius 3 is 2.13 bits per heavy atom. The zero-order valence-electron chi connectivity index (χ0n) is 8.67. The molecule has 0 aliphatic carbocycles. The fourth-order valence-corrected chi connectivity index (χ4v) is 2.00. The first-order chi connectivity index (χ1) is 7.19. The first-order valence-electron chi connectivity index (χ1n) is 4.13. The largest absolute Gasteiger partial charge is 0.495 e. The number of methoxy groups -OCH3 is 3. The molecule has 0 bridgehead atoms. The molecule has 0 atom stereocenters. The van der Waals surface area contributed by atoms with Crippen LogP contribution in [-0.4, -0.2) is 27.6 Å². The van der Waals surface area contributed by atoms with E-state index >= 15 is 0 Å². The van der Waals surface area contributed by atoms with Crippen molar-refractivity contribution in [2.75, 3.05) is 21.3 Å². The van der Waals surface area contributed by atoms with Gasteiger partial charge in [0.2, 0.25) is 0 Å². The summed E-state index contributed by atoms with van der Waals surface area (Å²) in [7, 11) is 4.51. The van der Waals surface area contributed by atoms with Crippen LogP contribution in [-0.2, 0) is 0 Å². The van der Waals surface area contributed by atoms with Crippen LogP contribution in [0.15, 0.2) is 10.5 Å². The summed E-state index contributed by atoms with van der Waals surface area (Å²) in [4.78, 5) is 10.8. The highest BCUT2D eigenvalue weighted by molar-refractivity contribution is 9.10. The smallest absolute Gasteiger partial charge is 0.178 e. The van der Waals surface area contributed by atoms with Gasteiger partial charge >= 0.3 is 0 Å². The van der Waals surface area contributed by atoms with Crippen molar-refractivity contribution in [1.29, 1.82) is 0 Å². The second-order valence-corrected chi connectivity index (χ2v) is 3.46. The Labute approximate surface area is 96.3 Å². The summed E-state index contributed by atoms with van der Waals surface area (Å²) in [5.74, 6) is 1.41. The molecule has 0 unspecified atom stereocenters. The van der Waals surface area contributed by atoms with Gasteiger partial charge in [-0.2, -0.15) is 0 Å². The summed E-state index contributed by atoms with van der Waals surface area (Å²) >= 11 is 3.30. The standard InChI is InChI=1S/C10H11BrO4/c1-13-7-4-6(5-12)9(14-2)8(11)10(7)15-3/h4-5H,1-3H3. The summed E-state index contributed by atoms with van der Waals surface area (Å²) in [6.45, 7) is 0. The topological polar surface area (TPSA) is 44.8 Å². The van der Waals surface area contributed by atoms with Gasteiger partial charge in [-0.25, -0.2) is 0 Å². The fraction of sp³-hybridized carbons (Fsp3) is 0.300. The first kappa shape index (κ1) is 11.8. The molecule has 0 radical (unpaired) electrons. The van der Waals surface area contributed by atoms with Gasteiger partial charge in [0.05, 0.1) is 26.9 Å². The number of halogens is 1. The molecule has 1 aromatic rings. The molecule has 0 heterocycles. The summed E-state index contributed by atoms with van der Waals surface area (Å²) in [5.41, 5.74) is 0.405. The van der Waals surface area contributed by atoms with Gasteiger partial charge in [-0.1, -0.05) is 0 Å². The number of ether oxygens (including phenoxy) is 3. The van der Waals surface area contributed by atoms with Gasteiger partial charge in [-0.05, 0) is 22.0 Å². The van der Waals surface area contributed by atoms with Crippen molar-refractivity contribution in [1.82, 2.24) is 0 Å². The zero-order chi connectivity index (χ0) is 11.4. The molecule has 0 spiro atoms. The van der Waals surface area contributed by atoms with Crippen LogP contribution in [0.2, 0.25) is 0 Å². The SMILES string of the molecule is COc1cc(C=O)c(OC)c(Br)c1OC. The van der Waals surface area contributed by atoms with Crippen LogP contribution in [0.5, 0.6) is 17.2 Å². The van der Waals surface area contributed by atoms with E-state index in [0.29, 0.717) is 33.6 Å². The Balaban J connectivity index is 3.48. The Morgan fingerprint density at radius 2 is 1.73 bits per heavy atom. The molecule has 0 aliphatic rings. The maximum Gasteiger partial charge on any atom is 0.178 e. The van der Waals surface area contributed by atoms with E-state index in [9.17, 15) is 4.79 Å². The van der Waals surface area contributed by atoms with Crippen LogP contribution < -0.4 is 14.2 Å². The van der Waals surface area contributed by atoms with Crippen molar-refractivity contribution in [3.8, 4) is 17.2 Å². The van der Waals surface area contributed by atoms with Crippen LogP contribution in [0, 0.1) is 0 Å². The van der Waals surface area contributed by atoms with E-state index < -0.39 is 0 Å². The summed E-state index contributed by atoms with van der Waals surface area (Å²) in [5, 5.41) is 0. The van der Waals surface area contributed by atoms with Gasteiger partial charge < -0.3 is 14.2 Å². The molecule has 0 aliphatic heterocycles. The monoisotopic (exact) mass is 274 g/mol. The van der Waals surface area contributed by atoms with Gasteiger partial charge in [0, 0.05) is 0 Å². The van der Waals surface area contributed by atoms with Crippen molar-refractivity contribution in [2.45, 2.75) is 0 Å². The highest BCUT2D eigenvalue weighted by atomic mass is 79.9. The van der Waals surface area contributed by atoms with Crippen molar-refractivity contribution >= 4 is 22.2 Å². The van der Waals surface area contributed by atoms with Crippen molar-refractivity contribution < 1.29 is 19.0 Å². The number of benzene rings is 1. The predicted molar refractivity (Wildman–Crippen MR) is 59.2 cm³/mol. The van der Waals surface area contributed by atoms with Crippen LogP contribution in [0.25, 0.3) is 0 Å². The van der Waals surface area contributed by atoms with Gasteiger partial charge in [0.25, 0.3) is 0 Å². The molecule has 5 heteroatoms. The summed E-state index contributed by atoms with van der Waals surface area (Å²) in [6, 6.07) is 1.56. The second-order valence-electron chi connectivity index (χ2n) is 2.67. The molecule has 0 fully saturated rings. The Kier molecular flexibility index (Phi) is 3.96. The fourth-order valence-electron chi connectivity index (χ4n) is 1.25. The van der Waals surface area contributed by atoms with E-state index in [1.165, 1.54) is 21.3 Å². The second kappa shape index (κ2) is 5.02. The van der Waals surface area contributed by atoms with Gasteiger partial charge in [0.15, 0.2) is 17.8 Å². The summed E-state index contributed by atoms with van der Waals surface area (Å²) < 4.78 is 15.9. The van der Waals surface area contributed by atoms with E-state index in [-0.39, 0.29) is 0 Å². The highest BCUT2D eigenvalue weighted by Crippen LogP contribution is 2.43. The number of aldehydes is 1. The number of hydrogen-bond acceptors (Lipinski definition) is 4. The van der Waals surface area contributed by atoms with Gasteiger partial charge in [0.1, 0.15) is 10.2 Å². The molecule has 1 aromatic carbocycles. The molecule has 0 saturated heterocycles. The lowest BCUT2D eigenvalue weighted by Crippen LogP contribution is -1.98. The molecule has 0 N–H and O–H groups in total. The molecule has 82 valence electrons. The van der Waals surface area contributed by atoms with Gasteiger partial charge in [-0.3, -0.25) is 4.79 Å². The van der Waals surface area contributed by atoms with Crippen molar-refractivity contribution in [3.05, 3.63) is 16.1 Å². The minimum absolute atomic E-state index is 0.405. The molecular formula is C10H11BrO4. The molecule has 0 amide bonds. The minimum Gasteiger partial charge on any atom is -0.495 e. The predicted octanol–water partition coefficient (Wildman–Crippen LogP) is 2.29. The molecule has 0 aromatic heterocycles. The van der Waals surface area contributed by atoms with Crippen LogP contribution in [0.1, 0.15) is 10.4 Å². The molecular weight excluding hydrogens is 264 g/mol. The third-order valence-corrected chi connectivity index (χ3v) is 2.65. The third-order valence-electron chi connectivity index (χ3n) is 1.93. The van der Waals surface area contributed by atoms with Gasteiger partial charge in [-0.15, -0.1) is 0 Å². The molecule has 0 saturated carbocycles. The number of carbonyl (C=O) groups excluding carboxylic acids is 1. The van der Waals surface area contributed by atoms with E-state index in [1.54, 1.807) is 6.07 Å². The van der Waals surface area contributed by atoms with Crippen LogP contribution >= 0.6 is 15.9 Å².